The molecule has 0 aliphatic heterocycles. The van der Waals surface area contributed by atoms with E-state index in [2.05, 4.69) is 34.5 Å². The second-order valence-electron chi connectivity index (χ2n) is 6.84. The molecule has 0 atom stereocenters. The standard InChI is InChI=1S/C19H25F3N4OS/c1-18(2,13-6-5-7-14(10-13)27-4)12-25-17(23-3)24-9-8-16-26-15(11-28-16)19(20,21)22/h5-7,10-11H,8-9,12H2,1-4H3,(H2,23,24,25). The molecular formula is C19H25F3N4OS. The normalized spacial score (nSPS) is 12.8. The Kier molecular flexibility index (Phi) is 7.29. The van der Waals surface area contributed by atoms with Crippen molar-refractivity contribution < 1.29 is 17.9 Å². The van der Waals surface area contributed by atoms with Crippen LogP contribution in [-0.4, -0.2) is 38.2 Å². The third-order valence-electron chi connectivity index (χ3n) is 4.25. The van der Waals surface area contributed by atoms with E-state index in [9.17, 15) is 13.2 Å². The summed E-state index contributed by atoms with van der Waals surface area (Å²) in [6, 6.07) is 7.89. The van der Waals surface area contributed by atoms with Crippen molar-refractivity contribution in [1.29, 1.82) is 0 Å². The first kappa shape index (κ1) is 22.0. The summed E-state index contributed by atoms with van der Waals surface area (Å²) in [5.41, 5.74) is 0.107. The van der Waals surface area contributed by atoms with Crippen LogP contribution in [-0.2, 0) is 18.0 Å². The molecule has 0 amide bonds. The van der Waals surface area contributed by atoms with Crippen LogP contribution in [0.1, 0.15) is 30.1 Å². The van der Waals surface area contributed by atoms with Gasteiger partial charge in [-0.1, -0.05) is 26.0 Å². The molecule has 0 fully saturated rings. The van der Waals surface area contributed by atoms with Gasteiger partial charge in [0.2, 0.25) is 0 Å². The van der Waals surface area contributed by atoms with Gasteiger partial charge in [-0.2, -0.15) is 13.2 Å². The van der Waals surface area contributed by atoms with Gasteiger partial charge in [-0.05, 0) is 17.7 Å². The number of rotatable bonds is 7. The summed E-state index contributed by atoms with van der Waals surface area (Å²) in [7, 11) is 3.29. The van der Waals surface area contributed by atoms with Crippen LogP contribution in [0.3, 0.4) is 0 Å². The van der Waals surface area contributed by atoms with Gasteiger partial charge in [0, 0.05) is 37.4 Å². The number of nitrogens with zero attached hydrogens (tertiary/aromatic N) is 2. The SMILES string of the molecule is CN=C(NCCc1nc(C(F)(F)F)cs1)NCC(C)(C)c1cccc(OC)c1. The van der Waals surface area contributed by atoms with E-state index in [0.717, 1.165) is 28.0 Å². The van der Waals surface area contributed by atoms with Gasteiger partial charge < -0.3 is 15.4 Å². The van der Waals surface area contributed by atoms with E-state index in [-0.39, 0.29) is 5.41 Å². The van der Waals surface area contributed by atoms with Crippen molar-refractivity contribution in [1.82, 2.24) is 15.6 Å². The van der Waals surface area contributed by atoms with Crippen molar-refractivity contribution in [3.8, 4) is 5.75 Å². The number of aromatic nitrogens is 1. The second kappa shape index (κ2) is 9.27. The zero-order valence-corrected chi connectivity index (χ0v) is 17.2. The summed E-state index contributed by atoms with van der Waals surface area (Å²) in [5, 5.41) is 7.85. The smallest absolute Gasteiger partial charge is 0.434 e. The molecule has 0 aliphatic carbocycles. The molecule has 0 spiro atoms. The lowest BCUT2D eigenvalue weighted by Crippen LogP contribution is -2.44. The average molecular weight is 414 g/mol. The summed E-state index contributed by atoms with van der Waals surface area (Å²) < 4.78 is 43.1. The molecule has 0 radical (unpaired) electrons. The van der Waals surface area contributed by atoms with Crippen LogP contribution in [0.2, 0.25) is 0 Å². The summed E-state index contributed by atoms with van der Waals surface area (Å²) >= 11 is 1.01. The third kappa shape index (κ3) is 6.12. The zero-order chi connectivity index (χ0) is 20.8. The summed E-state index contributed by atoms with van der Waals surface area (Å²) in [6.07, 6.45) is -4.01. The maximum absolute atomic E-state index is 12.6. The lowest BCUT2D eigenvalue weighted by Gasteiger charge is -2.27. The van der Waals surface area contributed by atoms with E-state index in [1.54, 1.807) is 14.2 Å². The van der Waals surface area contributed by atoms with Gasteiger partial charge in [0.05, 0.1) is 12.1 Å². The number of nitrogens with one attached hydrogen (secondary N) is 2. The number of thiazole rings is 1. The van der Waals surface area contributed by atoms with Gasteiger partial charge in [0.15, 0.2) is 11.7 Å². The molecule has 5 nitrogen and oxygen atoms in total. The molecule has 9 heteroatoms. The number of hydrogen-bond acceptors (Lipinski definition) is 4. The van der Waals surface area contributed by atoms with Gasteiger partial charge in [-0.15, -0.1) is 11.3 Å². The molecule has 0 saturated heterocycles. The molecular weight excluding hydrogens is 389 g/mol. The van der Waals surface area contributed by atoms with E-state index < -0.39 is 11.9 Å². The first-order valence-corrected chi connectivity index (χ1v) is 9.64. The molecule has 1 aromatic carbocycles. The Labute approximate surface area is 167 Å². The fourth-order valence-corrected chi connectivity index (χ4v) is 3.32. The van der Waals surface area contributed by atoms with Crippen LogP contribution < -0.4 is 15.4 Å². The molecule has 154 valence electrons. The van der Waals surface area contributed by atoms with Gasteiger partial charge in [0.1, 0.15) is 5.75 Å². The van der Waals surface area contributed by atoms with E-state index in [1.807, 2.05) is 24.3 Å². The number of benzene rings is 1. The molecule has 2 rings (SSSR count). The highest BCUT2D eigenvalue weighted by molar-refractivity contribution is 7.09. The highest BCUT2D eigenvalue weighted by Gasteiger charge is 2.33. The molecule has 0 saturated carbocycles. The quantitative estimate of drug-likeness (QED) is 0.534. The number of alkyl halides is 3. The van der Waals surface area contributed by atoms with Crippen molar-refractivity contribution in [3.05, 3.63) is 45.9 Å². The van der Waals surface area contributed by atoms with E-state index in [4.69, 9.17) is 4.74 Å². The van der Waals surface area contributed by atoms with Crippen LogP contribution in [0.5, 0.6) is 5.75 Å². The molecule has 1 aromatic heterocycles. The Balaban J connectivity index is 1.86. The fraction of sp³-hybridized carbons (Fsp3) is 0.474. The van der Waals surface area contributed by atoms with Crippen molar-refractivity contribution in [2.75, 3.05) is 27.2 Å². The minimum Gasteiger partial charge on any atom is -0.497 e. The second-order valence-corrected chi connectivity index (χ2v) is 7.79. The van der Waals surface area contributed by atoms with Gasteiger partial charge >= 0.3 is 6.18 Å². The monoisotopic (exact) mass is 414 g/mol. The first-order valence-electron chi connectivity index (χ1n) is 8.76. The predicted molar refractivity (Wildman–Crippen MR) is 106 cm³/mol. The number of methoxy groups -OCH3 is 1. The molecule has 0 unspecified atom stereocenters. The van der Waals surface area contributed by atoms with Crippen LogP contribution in [0, 0.1) is 0 Å². The molecule has 2 aromatic rings. The lowest BCUT2D eigenvalue weighted by atomic mass is 9.84. The van der Waals surface area contributed by atoms with Crippen molar-refractivity contribution in [2.45, 2.75) is 31.9 Å². The predicted octanol–water partition coefficient (Wildman–Crippen LogP) is 3.86. The number of ether oxygens (including phenoxy) is 1. The Morgan fingerprint density at radius 1 is 1.25 bits per heavy atom. The lowest BCUT2D eigenvalue weighted by molar-refractivity contribution is -0.140. The Morgan fingerprint density at radius 2 is 2.00 bits per heavy atom. The highest BCUT2D eigenvalue weighted by atomic mass is 32.1. The fourth-order valence-electron chi connectivity index (χ4n) is 2.52. The molecule has 0 aliphatic rings. The van der Waals surface area contributed by atoms with E-state index >= 15 is 0 Å². The van der Waals surface area contributed by atoms with Gasteiger partial charge in [-0.25, -0.2) is 4.98 Å². The van der Waals surface area contributed by atoms with Gasteiger partial charge in [0.25, 0.3) is 0 Å². The maximum atomic E-state index is 12.6. The molecule has 28 heavy (non-hydrogen) atoms. The molecule has 1 heterocycles. The Morgan fingerprint density at radius 3 is 2.61 bits per heavy atom. The topological polar surface area (TPSA) is 58.5 Å². The Hall–Kier alpha value is -2.29. The minimum atomic E-state index is -4.40. The summed E-state index contributed by atoms with van der Waals surface area (Å²) in [6.45, 7) is 5.27. The summed E-state index contributed by atoms with van der Waals surface area (Å²) in [5.74, 6) is 1.39. The van der Waals surface area contributed by atoms with Crippen molar-refractivity contribution in [2.24, 2.45) is 4.99 Å². The van der Waals surface area contributed by atoms with E-state index in [0.29, 0.717) is 30.5 Å². The maximum Gasteiger partial charge on any atom is 0.434 e. The van der Waals surface area contributed by atoms with Gasteiger partial charge in [-0.3, -0.25) is 4.99 Å². The Bertz CT molecular complexity index is 802. The largest absolute Gasteiger partial charge is 0.497 e. The number of aliphatic imine (C=N–C) groups is 1. The van der Waals surface area contributed by atoms with Crippen LogP contribution in [0.4, 0.5) is 13.2 Å². The van der Waals surface area contributed by atoms with Crippen molar-refractivity contribution in [3.63, 3.8) is 0 Å². The number of guanidine groups is 1. The van der Waals surface area contributed by atoms with E-state index in [1.165, 1.54) is 0 Å². The van der Waals surface area contributed by atoms with Crippen LogP contribution in [0.25, 0.3) is 0 Å². The van der Waals surface area contributed by atoms with Crippen LogP contribution in [0.15, 0.2) is 34.6 Å². The minimum absolute atomic E-state index is 0.178. The molecule has 0 bridgehead atoms. The third-order valence-corrected chi connectivity index (χ3v) is 5.15. The first-order chi connectivity index (χ1) is 13.2. The molecule has 2 N–H and O–H groups in total. The van der Waals surface area contributed by atoms with Crippen molar-refractivity contribution >= 4 is 17.3 Å². The summed E-state index contributed by atoms with van der Waals surface area (Å²) in [4.78, 5) is 7.79. The number of hydrogen-bond donors (Lipinski definition) is 2. The highest BCUT2D eigenvalue weighted by Crippen LogP contribution is 2.30. The number of halogens is 3. The average Bonchev–Trinajstić information content (AvgIpc) is 3.14. The zero-order valence-electron chi connectivity index (χ0n) is 16.4. The van der Waals surface area contributed by atoms with Crippen LogP contribution >= 0.6 is 11.3 Å².